The van der Waals surface area contributed by atoms with Gasteiger partial charge in [0.05, 0.1) is 12.1 Å². The highest BCUT2D eigenvalue weighted by Crippen LogP contribution is 2.32. The summed E-state index contributed by atoms with van der Waals surface area (Å²) in [4.78, 5) is 5.30. The molecule has 1 aromatic rings. The molecule has 0 saturated carbocycles. The van der Waals surface area contributed by atoms with Gasteiger partial charge in [-0.2, -0.15) is 0 Å². The Hall–Kier alpha value is -0.420. The number of thiophene rings is 1. The summed E-state index contributed by atoms with van der Waals surface area (Å²) in [6.07, 6.45) is 2.70. The monoisotopic (exact) mass is 282 g/mol. The van der Waals surface area contributed by atoms with Crippen LogP contribution in [0.5, 0.6) is 0 Å². The second-order valence-electron chi connectivity index (χ2n) is 5.44. The molecule has 2 atom stereocenters. The maximum Gasteiger partial charge on any atom is 0.0599 e. The second-order valence-corrected chi connectivity index (χ2v) is 6.76. The fourth-order valence-corrected chi connectivity index (χ4v) is 4.07. The molecule has 1 aliphatic rings. The molecular weight excluding hydrogens is 256 g/mol. The van der Waals surface area contributed by atoms with Crippen LogP contribution in [0.15, 0.2) is 12.1 Å². The molecule has 19 heavy (non-hydrogen) atoms. The fourth-order valence-electron chi connectivity index (χ4n) is 2.94. The number of aryl methyl sites for hydroxylation is 1. The highest BCUT2D eigenvalue weighted by molar-refractivity contribution is 7.12. The minimum absolute atomic E-state index is 0.168. The Kier molecular flexibility index (Phi) is 5.39. The SMILES string of the molecule is CCOC1CCN(C(c2ccc(C)s2)C(C)N)CC1. The molecule has 1 saturated heterocycles. The van der Waals surface area contributed by atoms with Crippen molar-refractivity contribution in [2.75, 3.05) is 19.7 Å². The lowest BCUT2D eigenvalue weighted by Gasteiger charge is -2.38. The maximum atomic E-state index is 6.24. The zero-order valence-corrected chi connectivity index (χ0v) is 13.1. The summed E-state index contributed by atoms with van der Waals surface area (Å²) in [5, 5.41) is 0. The minimum atomic E-state index is 0.168. The van der Waals surface area contributed by atoms with Gasteiger partial charge in [0.15, 0.2) is 0 Å². The molecule has 1 aromatic heterocycles. The van der Waals surface area contributed by atoms with E-state index in [1.54, 1.807) is 0 Å². The largest absolute Gasteiger partial charge is 0.378 e. The number of hydrogen-bond donors (Lipinski definition) is 1. The first kappa shape index (κ1) is 15.0. The molecule has 0 amide bonds. The molecule has 2 rings (SSSR count). The summed E-state index contributed by atoms with van der Waals surface area (Å²) in [6.45, 7) is 9.36. The number of rotatable bonds is 5. The standard InChI is InChI=1S/C15H26N2OS/c1-4-18-13-7-9-17(10-8-13)15(12(3)16)14-6-5-11(2)19-14/h5-6,12-13,15H,4,7-10,16H2,1-3H3. The molecule has 2 heterocycles. The predicted molar refractivity (Wildman–Crippen MR) is 81.7 cm³/mol. The van der Waals surface area contributed by atoms with Crippen LogP contribution < -0.4 is 5.73 Å². The third-order valence-corrected chi connectivity index (χ3v) is 4.89. The van der Waals surface area contributed by atoms with Crippen LogP contribution in [-0.2, 0) is 4.74 Å². The van der Waals surface area contributed by atoms with Gasteiger partial charge in [-0.3, -0.25) is 4.90 Å². The quantitative estimate of drug-likeness (QED) is 0.902. The summed E-state index contributed by atoms with van der Waals surface area (Å²) in [5.74, 6) is 0. The van der Waals surface area contributed by atoms with E-state index in [0.29, 0.717) is 12.1 Å². The molecule has 3 nitrogen and oxygen atoms in total. The molecule has 0 spiro atoms. The van der Waals surface area contributed by atoms with Gasteiger partial charge in [0.2, 0.25) is 0 Å². The molecule has 0 aliphatic carbocycles. The van der Waals surface area contributed by atoms with Gasteiger partial charge in [0.25, 0.3) is 0 Å². The van der Waals surface area contributed by atoms with Gasteiger partial charge >= 0.3 is 0 Å². The van der Waals surface area contributed by atoms with Crippen molar-refractivity contribution in [3.05, 3.63) is 21.9 Å². The average Bonchev–Trinajstić information content (AvgIpc) is 2.78. The van der Waals surface area contributed by atoms with E-state index in [-0.39, 0.29) is 6.04 Å². The first-order valence-electron chi connectivity index (χ1n) is 7.29. The van der Waals surface area contributed by atoms with E-state index in [1.165, 1.54) is 9.75 Å². The number of hydrogen-bond acceptors (Lipinski definition) is 4. The van der Waals surface area contributed by atoms with Crippen molar-refractivity contribution in [1.82, 2.24) is 4.90 Å². The Morgan fingerprint density at radius 1 is 1.42 bits per heavy atom. The van der Waals surface area contributed by atoms with Crippen molar-refractivity contribution in [2.24, 2.45) is 5.73 Å². The van der Waals surface area contributed by atoms with Crippen molar-refractivity contribution in [3.8, 4) is 0 Å². The van der Waals surface area contributed by atoms with E-state index >= 15 is 0 Å². The second kappa shape index (κ2) is 6.84. The zero-order chi connectivity index (χ0) is 13.8. The highest BCUT2D eigenvalue weighted by Gasteiger charge is 2.29. The molecule has 4 heteroatoms. The third kappa shape index (κ3) is 3.78. The molecule has 2 N–H and O–H groups in total. The number of piperidine rings is 1. The van der Waals surface area contributed by atoms with Crippen LogP contribution in [0.25, 0.3) is 0 Å². The lowest BCUT2D eigenvalue weighted by atomic mass is 10.0. The van der Waals surface area contributed by atoms with E-state index < -0.39 is 0 Å². The third-order valence-electron chi connectivity index (χ3n) is 3.82. The van der Waals surface area contributed by atoms with Gasteiger partial charge < -0.3 is 10.5 Å². The van der Waals surface area contributed by atoms with Gasteiger partial charge in [-0.15, -0.1) is 11.3 Å². The molecule has 1 aliphatic heterocycles. The molecule has 0 aromatic carbocycles. The topological polar surface area (TPSA) is 38.5 Å². The van der Waals surface area contributed by atoms with E-state index in [2.05, 4.69) is 37.8 Å². The van der Waals surface area contributed by atoms with Gasteiger partial charge in [-0.25, -0.2) is 0 Å². The van der Waals surface area contributed by atoms with Crippen molar-refractivity contribution in [2.45, 2.75) is 51.8 Å². The van der Waals surface area contributed by atoms with Crippen molar-refractivity contribution < 1.29 is 4.74 Å². The van der Waals surface area contributed by atoms with Gasteiger partial charge in [-0.05, 0) is 45.7 Å². The Morgan fingerprint density at radius 2 is 2.11 bits per heavy atom. The van der Waals surface area contributed by atoms with Gasteiger partial charge in [0, 0.05) is 35.5 Å². The number of nitrogens with two attached hydrogens (primary N) is 1. The first-order valence-corrected chi connectivity index (χ1v) is 8.11. The maximum absolute atomic E-state index is 6.24. The van der Waals surface area contributed by atoms with E-state index in [9.17, 15) is 0 Å². The molecule has 0 bridgehead atoms. The van der Waals surface area contributed by atoms with E-state index in [0.717, 1.165) is 32.5 Å². The van der Waals surface area contributed by atoms with E-state index in [1.807, 2.05) is 11.3 Å². The lowest BCUT2D eigenvalue weighted by Crippen LogP contribution is -2.44. The zero-order valence-electron chi connectivity index (χ0n) is 12.3. The summed E-state index contributed by atoms with van der Waals surface area (Å²) in [5.41, 5.74) is 6.24. The van der Waals surface area contributed by atoms with Crippen LogP contribution in [0.1, 0.15) is 42.5 Å². The van der Waals surface area contributed by atoms with Crippen LogP contribution in [-0.4, -0.2) is 36.7 Å². The van der Waals surface area contributed by atoms with Crippen LogP contribution in [0.3, 0.4) is 0 Å². The molecule has 1 fully saturated rings. The molecular formula is C15H26N2OS. The number of ether oxygens (including phenoxy) is 1. The van der Waals surface area contributed by atoms with Crippen molar-refractivity contribution in [3.63, 3.8) is 0 Å². The Morgan fingerprint density at radius 3 is 2.58 bits per heavy atom. The Labute approximate surface area is 120 Å². The van der Waals surface area contributed by atoms with Crippen LogP contribution in [0.4, 0.5) is 0 Å². The Bertz CT molecular complexity index is 383. The van der Waals surface area contributed by atoms with Gasteiger partial charge in [-0.1, -0.05) is 0 Å². The number of nitrogens with zero attached hydrogens (tertiary/aromatic N) is 1. The first-order chi connectivity index (χ1) is 9.11. The molecule has 108 valence electrons. The summed E-state index contributed by atoms with van der Waals surface area (Å²) >= 11 is 1.88. The van der Waals surface area contributed by atoms with E-state index in [4.69, 9.17) is 10.5 Å². The molecule has 0 radical (unpaired) electrons. The lowest BCUT2D eigenvalue weighted by molar-refractivity contribution is 0.00162. The van der Waals surface area contributed by atoms with Crippen LogP contribution >= 0.6 is 11.3 Å². The normalized spacial score (nSPS) is 21.5. The minimum Gasteiger partial charge on any atom is -0.378 e. The van der Waals surface area contributed by atoms with Crippen molar-refractivity contribution in [1.29, 1.82) is 0 Å². The fraction of sp³-hybridized carbons (Fsp3) is 0.733. The average molecular weight is 282 g/mol. The molecule has 2 unspecified atom stereocenters. The van der Waals surface area contributed by atoms with Crippen LogP contribution in [0.2, 0.25) is 0 Å². The summed E-state index contributed by atoms with van der Waals surface area (Å²) in [7, 11) is 0. The predicted octanol–water partition coefficient (Wildman–Crippen LogP) is 2.95. The summed E-state index contributed by atoms with van der Waals surface area (Å²) in [6, 6.07) is 4.97. The van der Waals surface area contributed by atoms with Crippen molar-refractivity contribution >= 4 is 11.3 Å². The Balaban J connectivity index is 2.01. The van der Waals surface area contributed by atoms with Crippen LogP contribution in [0, 0.1) is 6.92 Å². The highest BCUT2D eigenvalue weighted by atomic mass is 32.1. The number of likely N-dealkylation sites (tertiary alicyclic amines) is 1. The van der Waals surface area contributed by atoms with Gasteiger partial charge in [0.1, 0.15) is 0 Å². The summed E-state index contributed by atoms with van der Waals surface area (Å²) < 4.78 is 5.73. The smallest absolute Gasteiger partial charge is 0.0599 e.